The van der Waals surface area contributed by atoms with Gasteiger partial charge >= 0.3 is 0 Å². The largest absolute Gasteiger partial charge is 0.493 e. The van der Waals surface area contributed by atoms with Gasteiger partial charge in [-0.25, -0.2) is 0 Å². The van der Waals surface area contributed by atoms with Crippen molar-refractivity contribution in [2.24, 2.45) is 0 Å². The molecule has 1 amide bonds. The molecule has 0 unspecified atom stereocenters. The predicted octanol–water partition coefficient (Wildman–Crippen LogP) is 2.27. The van der Waals surface area contributed by atoms with Crippen LogP contribution in [0.1, 0.15) is 33.8 Å². The SMILES string of the molecule is Cc1cc(C(=O)N2CCCN(Cc3ccc4c(c3)CCO4)CC2)no1. The number of rotatable bonds is 3. The minimum atomic E-state index is -0.0339. The summed E-state index contributed by atoms with van der Waals surface area (Å²) >= 11 is 0. The molecule has 132 valence electrons. The highest BCUT2D eigenvalue weighted by Crippen LogP contribution is 2.26. The molecule has 6 heteroatoms. The molecule has 0 spiro atoms. The van der Waals surface area contributed by atoms with Gasteiger partial charge in [0.2, 0.25) is 0 Å². The van der Waals surface area contributed by atoms with Gasteiger partial charge in [0, 0.05) is 45.2 Å². The number of ether oxygens (including phenoxy) is 1. The third-order valence-corrected chi connectivity index (χ3v) is 4.88. The summed E-state index contributed by atoms with van der Waals surface area (Å²) in [5, 5.41) is 3.85. The zero-order valence-corrected chi connectivity index (χ0v) is 14.5. The summed E-state index contributed by atoms with van der Waals surface area (Å²) in [6.07, 6.45) is 1.97. The van der Waals surface area contributed by atoms with Gasteiger partial charge < -0.3 is 14.2 Å². The lowest BCUT2D eigenvalue weighted by atomic mass is 10.1. The van der Waals surface area contributed by atoms with Gasteiger partial charge in [0.05, 0.1) is 6.61 Å². The Morgan fingerprint density at radius 2 is 2.12 bits per heavy atom. The van der Waals surface area contributed by atoms with E-state index in [1.165, 1.54) is 11.1 Å². The fourth-order valence-corrected chi connectivity index (χ4v) is 3.56. The summed E-state index contributed by atoms with van der Waals surface area (Å²) in [7, 11) is 0. The van der Waals surface area contributed by atoms with Crippen molar-refractivity contribution in [3.63, 3.8) is 0 Å². The highest BCUT2D eigenvalue weighted by Gasteiger charge is 2.23. The van der Waals surface area contributed by atoms with E-state index >= 15 is 0 Å². The van der Waals surface area contributed by atoms with E-state index in [9.17, 15) is 4.79 Å². The first-order valence-electron chi connectivity index (χ1n) is 8.88. The summed E-state index contributed by atoms with van der Waals surface area (Å²) in [5.41, 5.74) is 3.03. The molecule has 0 bridgehead atoms. The Balaban J connectivity index is 1.37. The van der Waals surface area contributed by atoms with Crippen LogP contribution in [0.15, 0.2) is 28.8 Å². The van der Waals surface area contributed by atoms with Crippen molar-refractivity contribution in [1.29, 1.82) is 0 Å². The second-order valence-corrected chi connectivity index (χ2v) is 6.79. The Kier molecular flexibility index (Phi) is 4.44. The fraction of sp³-hybridized carbons (Fsp3) is 0.474. The molecule has 0 saturated carbocycles. The van der Waals surface area contributed by atoms with Gasteiger partial charge in [0.25, 0.3) is 5.91 Å². The molecule has 1 aromatic heterocycles. The molecular formula is C19H23N3O3. The zero-order valence-electron chi connectivity index (χ0n) is 14.5. The van der Waals surface area contributed by atoms with Crippen LogP contribution >= 0.6 is 0 Å². The molecule has 0 atom stereocenters. The van der Waals surface area contributed by atoms with Crippen LogP contribution in [0.4, 0.5) is 0 Å². The minimum absolute atomic E-state index is 0.0339. The predicted molar refractivity (Wildman–Crippen MR) is 92.7 cm³/mol. The average molecular weight is 341 g/mol. The Labute approximate surface area is 147 Å². The maximum absolute atomic E-state index is 12.5. The number of aryl methyl sites for hydroxylation is 1. The quantitative estimate of drug-likeness (QED) is 0.857. The number of aromatic nitrogens is 1. The molecule has 6 nitrogen and oxygen atoms in total. The van der Waals surface area contributed by atoms with E-state index in [1.54, 1.807) is 13.0 Å². The number of carbonyl (C=O) groups excluding carboxylic acids is 1. The van der Waals surface area contributed by atoms with Gasteiger partial charge in [-0.1, -0.05) is 17.3 Å². The molecule has 0 N–H and O–H groups in total. The molecule has 1 saturated heterocycles. The highest BCUT2D eigenvalue weighted by atomic mass is 16.5. The Morgan fingerprint density at radius 3 is 2.96 bits per heavy atom. The van der Waals surface area contributed by atoms with Crippen LogP contribution in [0, 0.1) is 6.92 Å². The van der Waals surface area contributed by atoms with E-state index in [4.69, 9.17) is 9.26 Å². The summed E-state index contributed by atoms with van der Waals surface area (Å²) < 4.78 is 10.6. The third kappa shape index (κ3) is 3.54. The number of amides is 1. The first-order valence-corrected chi connectivity index (χ1v) is 8.88. The van der Waals surface area contributed by atoms with Crippen LogP contribution in [-0.2, 0) is 13.0 Å². The van der Waals surface area contributed by atoms with Gasteiger partial charge in [-0.15, -0.1) is 0 Å². The van der Waals surface area contributed by atoms with E-state index in [2.05, 4.69) is 28.3 Å². The number of benzene rings is 1. The zero-order chi connectivity index (χ0) is 17.2. The smallest absolute Gasteiger partial charge is 0.276 e. The lowest BCUT2D eigenvalue weighted by Gasteiger charge is -2.21. The lowest BCUT2D eigenvalue weighted by Crippen LogP contribution is -2.35. The maximum Gasteiger partial charge on any atom is 0.276 e. The van der Waals surface area contributed by atoms with Gasteiger partial charge in [-0.05, 0) is 30.5 Å². The van der Waals surface area contributed by atoms with E-state index in [0.29, 0.717) is 11.5 Å². The molecule has 4 rings (SSSR count). The first kappa shape index (κ1) is 16.1. The van der Waals surface area contributed by atoms with Crippen molar-refractivity contribution in [1.82, 2.24) is 15.0 Å². The van der Waals surface area contributed by atoms with Crippen molar-refractivity contribution >= 4 is 5.91 Å². The summed E-state index contributed by atoms with van der Waals surface area (Å²) in [4.78, 5) is 16.8. The normalized spacial score (nSPS) is 17.9. The molecule has 1 fully saturated rings. The van der Waals surface area contributed by atoms with Crippen molar-refractivity contribution in [3.05, 3.63) is 46.8 Å². The summed E-state index contributed by atoms with van der Waals surface area (Å²) in [5.74, 6) is 1.66. The Bertz CT molecular complexity index is 771. The van der Waals surface area contributed by atoms with Crippen LogP contribution in [0.5, 0.6) is 5.75 Å². The fourth-order valence-electron chi connectivity index (χ4n) is 3.56. The van der Waals surface area contributed by atoms with Crippen molar-refractivity contribution < 1.29 is 14.1 Å². The molecule has 1 aromatic carbocycles. The van der Waals surface area contributed by atoms with Gasteiger partial charge in [0.15, 0.2) is 5.69 Å². The number of hydrogen-bond donors (Lipinski definition) is 0. The molecule has 2 aliphatic rings. The summed E-state index contributed by atoms with van der Waals surface area (Å²) in [6, 6.07) is 8.19. The van der Waals surface area contributed by atoms with Crippen molar-refractivity contribution in [2.45, 2.75) is 26.3 Å². The Hall–Kier alpha value is -2.34. The molecular weight excluding hydrogens is 318 g/mol. The molecule has 0 radical (unpaired) electrons. The minimum Gasteiger partial charge on any atom is -0.493 e. The van der Waals surface area contributed by atoms with Crippen LogP contribution in [0.25, 0.3) is 0 Å². The Morgan fingerprint density at radius 1 is 1.20 bits per heavy atom. The van der Waals surface area contributed by atoms with Crippen LogP contribution in [0.2, 0.25) is 0 Å². The van der Waals surface area contributed by atoms with Crippen molar-refractivity contribution in [2.75, 3.05) is 32.8 Å². The standard InChI is InChI=1S/C19H23N3O3/c1-14-11-17(20-25-14)19(23)22-7-2-6-21(8-9-22)13-15-3-4-18-16(12-15)5-10-24-18/h3-4,11-12H,2,5-10,13H2,1H3. The number of nitrogens with zero attached hydrogens (tertiary/aromatic N) is 3. The monoisotopic (exact) mass is 341 g/mol. The maximum atomic E-state index is 12.5. The molecule has 3 heterocycles. The van der Waals surface area contributed by atoms with Crippen LogP contribution in [-0.4, -0.2) is 53.6 Å². The topological polar surface area (TPSA) is 58.8 Å². The van der Waals surface area contributed by atoms with Crippen molar-refractivity contribution in [3.8, 4) is 5.75 Å². The molecule has 2 aromatic rings. The number of hydrogen-bond acceptors (Lipinski definition) is 5. The number of fused-ring (bicyclic) bond motifs is 1. The highest BCUT2D eigenvalue weighted by molar-refractivity contribution is 5.92. The van der Waals surface area contributed by atoms with E-state index in [1.807, 2.05) is 4.90 Å². The van der Waals surface area contributed by atoms with E-state index < -0.39 is 0 Å². The lowest BCUT2D eigenvalue weighted by molar-refractivity contribution is 0.0750. The molecule has 2 aliphatic heterocycles. The van der Waals surface area contributed by atoms with Crippen LogP contribution < -0.4 is 4.74 Å². The van der Waals surface area contributed by atoms with Gasteiger partial charge in [-0.3, -0.25) is 9.69 Å². The van der Waals surface area contributed by atoms with E-state index in [-0.39, 0.29) is 5.91 Å². The van der Waals surface area contributed by atoms with Gasteiger partial charge in [-0.2, -0.15) is 0 Å². The first-order chi connectivity index (χ1) is 12.2. The second-order valence-electron chi connectivity index (χ2n) is 6.79. The third-order valence-electron chi connectivity index (χ3n) is 4.88. The van der Waals surface area contributed by atoms with Crippen LogP contribution in [0.3, 0.4) is 0 Å². The number of carbonyl (C=O) groups is 1. The van der Waals surface area contributed by atoms with E-state index in [0.717, 1.165) is 57.9 Å². The average Bonchev–Trinajstić information content (AvgIpc) is 3.18. The summed E-state index contributed by atoms with van der Waals surface area (Å²) in [6.45, 7) is 6.86. The second kappa shape index (κ2) is 6.88. The van der Waals surface area contributed by atoms with Gasteiger partial charge in [0.1, 0.15) is 11.5 Å². The molecule has 0 aliphatic carbocycles. The molecule has 25 heavy (non-hydrogen) atoms.